The Balaban J connectivity index is 1.77. The highest BCUT2D eigenvalue weighted by Gasteiger charge is 2.26. The van der Waals surface area contributed by atoms with Crippen molar-refractivity contribution in [3.05, 3.63) is 0 Å². The molecule has 1 saturated carbocycles. The van der Waals surface area contributed by atoms with E-state index in [0.29, 0.717) is 6.04 Å². The van der Waals surface area contributed by atoms with Gasteiger partial charge in [0.25, 0.3) is 0 Å². The second-order valence-corrected chi connectivity index (χ2v) is 6.37. The third-order valence-electron chi connectivity index (χ3n) is 3.93. The summed E-state index contributed by atoms with van der Waals surface area (Å²) in [7, 11) is 0. The minimum absolute atomic E-state index is 0.0680. The van der Waals surface area contributed by atoms with E-state index in [4.69, 9.17) is 0 Å². The lowest BCUT2D eigenvalue weighted by atomic mass is 9.94. The third kappa shape index (κ3) is 3.88. The number of nitrogens with one attached hydrogen (secondary N) is 2. The maximum atomic E-state index is 12.1. The van der Waals surface area contributed by atoms with Crippen molar-refractivity contribution < 1.29 is 4.79 Å². The van der Waals surface area contributed by atoms with Crippen molar-refractivity contribution in [2.75, 3.05) is 12.8 Å². The second kappa shape index (κ2) is 6.64. The van der Waals surface area contributed by atoms with E-state index in [2.05, 4.69) is 16.9 Å². The predicted molar refractivity (Wildman–Crippen MR) is 73.3 cm³/mol. The first-order valence-corrected chi connectivity index (χ1v) is 8.15. The molecule has 0 aromatic carbocycles. The molecule has 0 aromatic heterocycles. The van der Waals surface area contributed by atoms with Crippen molar-refractivity contribution in [3.8, 4) is 0 Å². The van der Waals surface area contributed by atoms with Crippen LogP contribution in [0, 0.1) is 0 Å². The average Bonchev–Trinajstić information content (AvgIpc) is 2.40. The summed E-state index contributed by atoms with van der Waals surface area (Å²) < 4.78 is 0. The summed E-state index contributed by atoms with van der Waals surface area (Å²) in [5.74, 6) is 0.233. The molecule has 0 bridgehead atoms. The van der Waals surface area contributed by atoms with Gasteiger partial charge in [0.15, 0.2) is 0 Å². The van der Waals surface area contributed by atoms with Gasteiger partial charge in [0.1, 0.15) is 0 Å². The summed E-state index contributed by atoms with van der Waals surface area (Å²) in [4.78, 5) is 12.1. The largest absolute Gasteiger partial charge is 0.352 e. The van der Waals surface area contributed by atoms with Crippen LogP contribution in [0.2, 0.25) is 0 Å². The van der Waals surface area contributed by atoms with E-state index in [1.807, 2.05) is 11.8 Å². The lowest BCUT2D eigenvalue weighted by Crippen LogP contribution is -2.50. The van der Waals surface area contributed by atoms with Crippen LogP contribution in [-0.4, -0.2) is 36.0 Å². The lowest BCUT2D eigenvalue weighted by molar-refractivity contribution is -0.124. The molecular weight excluding hydrogens is 232 g/mol. The molecule has 1 aliphatic heterocycles. The standard InChI is InChI=1S/C13H24N2OS/c1-17-11-6-4-5-10(9-11)15-13(16)12-7-2-3-8-14-12/h10-12,14H,2-9H2,1H3,(H,15,16)/t10?,11?,12-/m0/s1. The molecule has 1 amide bonds. The van der Waals surface area contributed by atoms with Crippen molar-refractivity contribution in [3.63, 3.8) is 0 Å². The maximum absolute atomic E-state index is 12.1. The van der Waals surface area contributed by atoms with Crippen LogP contribution in [0.15, 0.2) is 0 Å². The number of carbonyl (C=O) groups excluding carboxylic acids is 1. The molecule has 0 spiro atoms. The van der Waals surface area contributed by atoms with Crippen LogP contribution < -0.4 is 10.6 Å². The summed E-state index contributed by atoms with van der Waals surface area (Å²) in [6, 6.07) is 0.482. The number of thioether (sulfide) groups is 1. The Morgan fingerprint density at radius 1 is 1.24 bits per heavy atom. The van der Waals surface area contributed by atoms with E-state index in [9.17, 15) is 4.79 Å². The molecular formula is C13H24N2OS. The number of hydrogen-bond acceptors (Lipinski definition) is 3. The quantitative estimate of drug-likeness (QED) is 0.810. The highest BCUT2D eigenvalue weighted by molar-refractivity contribution is 7.99. The Hall–Kier alpha value is -0.220. The van der Waals surface area contributed by atoms with Crippen molar-refractivity contribution >= 4 is 17.7 Å². The fraction of sp³-hybridized carbons (Fsp3) is 0.923. The molecule has 2 aliphatic rings. The zero-order chi connectivity index (χ0) is 12.1. The summed E-state index contributed by atoms with van der Waals surface area (Å²) in [5, 5.41) is 7.30. The minimum atomic E-state index is 0.0680. The number of amides is 1. The zero-order valence-electron chi connectivity index (χ0n) is 10.7. The summed E-state index contributed by atoms with van der Waals surface area (Å²) in [6.45, 7) is 0.996. The van der Waals surface area contributed by atoms with Crippen LogP contribution in [-0.2, 0) is 4.79 Å². The topological polar surface area (TPSA) is 41.1 Å². The van der Waals surface area contributed by atoms with Crippen LogP contribution in [0.25, 0.3) is 0 Å². The van der Waals surface area contributed by atoms with E-state index < -0.39 is 0 Å². The number of carbonyl (C=O) groups is 1. The van der Waals surface area contributed by atoms with Crippen molar-refractivity contribution in [2.45, 2.75) is 62.3 Å². The molecule has 1 aliphatic carbocycles. The molecule has 0 aromatic rings. The molecule has 0 radical (unpaired) electrons. The molecule has 17 heavy (non-hydrogen) atoms. The number of rotatable bonds is 3. The van der Waals surface area contributed by atoms with Gasteiger partial charge in [-0.1, -0.05) is 12.8 Å². The SMILES string of the molecule is CSC1CCCC(NC(=O)[C@@H]2CCCCN2)C1. The Bertz CT molecular complexity index is 254. The first kappa shape index (κ1) is 13.2. The van der Waals surface area contributed by atoms with E-state index in [-0.39, 0.29) is 11.9 Å². The number of hydrogen-bond donors (Lipinski definition) is 2. The molecule has 3 nitrogen and oxygen atoms in total. The van der Waals surface area contributed by atoms with E-state index in [0.717, 1.165) is 31.1 Å². The molecule has 1 heterocycles. The Kier molecular flexibility index (Phi) is 5.16. The average molecular weight is 256 g/mol. The van der Waals surface area contributed by atoms with Crippen molar-refractivity contribution in [1.29, 1.82) is 0 Å². The maximum Gasteiger partial charge on any atom is 0.237 e. The molecule has 2 N–H and O–H groups in total. The molecule has 4 heteroatoms. The highest BCUT2D eigenvalue weighted by atomic mass is 32.2. The molecule has 98 valence electrons. The third-order valence-corrected chi connectivity index (χ3v) is 5.03. The second-order valence-electron chi connectivity index (χ2n) is 5.23. The summed E-state index contributed by atoms with van der Waals surface area (Å²) in [5.41, 5.74) is 0. The normalized spacial score (nSPS) is 34.3. The zero-order valence-corrected chi connectivity index (χ0v) is 11.5. The van der Waals surface area contributed by atoms with Crippen LogP contribution >= 0.6 is 11.8 Å². The van der Waals surface area contributed by atoms with Gasteiger partial charge in [-0.25, -0.2) is 0 Å². The summed E-state index contributed by atoms with van der Waals surface area (Å²) >= 11 is 1.95. The van der Waals surface area contributed by atoms with Gasteiger partial charge < -0.3 is 10.6 Å². The van der Waals surface area contributed by atoms with Crippen molar-refractivity contribution in [1.82, 2.24) is 10.6 Å². The highest BCUT2D eigenvalue weighted by Crippen LogP contribution is 2.27. The first-order valence-electron chi connectivity index (χ1n) is 6.86. The van der Waals surface area contributed by atoms with E-state index in [1.165, 1.54) is 25.7 Å². The summed E-state index contributed by atoms with van der Waals surface area (Å²) in [6.07, 6.45) is 10.5. The van der Waals surface area contributed by atoms with Gasteiger partial charge >= 0.3 is 0 Å². The van der Waals surface area contributed by atoms with Crippen LogP contribution in [0.3, 0.4) is 0 Å². The van der Waals surface area contributed by atoms with E-state index in [1.54, 1.807) is 0 Å². The van der Waals surface area contributed by atoms with Crippen LogP contribution in [0.4, 0.5) is 0 Å². The Morgan fingerprint density at radius 2 is 2.12 bits per heavy atom. The Labute approximate surface area is 108 Å². The predicted octanol–water partition coefficient (Wildman–Crippen LogP) is 1.92. The van der Waals surface area contributed by atoms with E-state index >= 15 is 0 Å². The van der Waals surface area contributed by atoms with Gasteiger partial charge in [0.2, 0.25) is 5.91 Å². The molecule has 2 unspecified atom stereocenters. The fourth-order valence-electron chi connectivity index (χ4n) is 2.87. The Morgan fingerprint density at radius 3 is 2.82 bits per heavy atom. The smallest absolute Gasteiger partial charge is 0.237 e. The molecule has 2 fully saturated rings. The minimum Gasteiger partial charge on any atom is -0.352 e. The first-order chi connectivity index (χ1) is 8.29. The van der Waals surface area contributed by atoms with Crippen LogP contribution in [0.5, 0.6) is 0 Å². The molecule has 3 atom stereocenters. The number of piperidine rings is 1. The van der Waals surface area contributed by atoms with Crippen molar-refractivity contribution in [2.24, 2.45) is 0 Å². The van der Waals surface area contributed by atoms with Gasteiger partial charge in [-0.05, 0) is 44.9 Å². The van der Waals surface area contributed by atoms with Gasteiger partial charge in [0, 0.05) is 11.3 Å². The van der Waals surface area contributed by atoms with Crippen LogP contribution in [0.1, 0.15) is 44.9 Å². The lowest BCUT2D eigenvalue weighted by Gasteiger charge is -2.31. The monoisotopic (exact) mass is 256 g/mol. The van der Waals surface area contributed by atoms with Gasteiger partial charge in [-0.15, -0.1) is 0 Å². The fourth-order valence-corrected chi connectivity index (χ4v) is 3.69. The van der Waals surface area contributed by atoms with Gasteiger partial charge in [0.05, 0.1) is 6.04 Å². The van der Waals surface area contributed by atoms with Gasteiger partial charge in [-0.3, -0.25) is 4.79 Å². The van der Waals surface area contributed by atoms with Gasteiger partial charge in [-0.2, -0.15) is 11.8 Å². The molecule has 2 rings (SSSR count). The molecule has 1 saturated heterocycles.